The molecule has 0 saturated heterocycles. The van der Waals surface area contributed by atoms with Crippen LogP contribution in [0.3, 0.4) is 0 Å². The molecule has 0 spiro atoms. The Hall–Kier alpha value is -0.830. The first-order chi connectivity index (χ1) is 5.07. The van der Waals surface area contributed by atoms with Gasteiger partial charge in [-0.2, -0.15) is 0 Å². The number of carboxylic acids is 1. The van der Waals surface area contributed by atoms with Crippen LogP contribution in [0.2, 0.25) is 0 Å². The van der Waals surface area contributed by atoms with Gasteiger partial charge in [0.1, 0.15) is 6.04 Å². The van der Waals surface area contributed by atoms with Crippen molar-refractivity contribution in [3.05, 3.63) is 12.2 Å². The highest BCUT2D eigenvalue weighted by molar-refractivity contribution is 5.72. The van der Waals surface area contributed by atoms with Crippen LogP contribution in [0.25, 0.3) is 0 Å². The SMILES string of the molecule is C=C(CC)CN[C@@H](C)C(=O)O. The second-order valence-electron chi connectivity index (χ2n) is 2.54. The van der Waals surface area contributed by atoms with Gasteiger partial charge in [0.05, 0.1) is 0 Å². The van der Waals surface area contributed by atoms with E-state index in [1.165, 1.54) is 0 Å². The molecule has 0 aliphatic carbocycles. The summed E-state index contributed by atoms with van der Waals surface area (Å²) in [6, 6.07) is -0.488. The van der Waals surface area contributed by atoms with Crippen LogP contribution in [0.5, 0.6) is 0 Å². The quantitative estimate of drug-likeness (QED) is 0.586. The first-order valence-corrected chi connectivity index (χ1v) is 3.70. The largest absolute Gasteiger partial charge is 0.480 e. The zero-order valence-corrected chi connectivity index (χ0v) is 7.05. The van der Waals surface area contributed by atoms with Gasteiger partial charge in [-0.25, -0.2) is 0 Å². The van der Waals surface area contributed by atoms with Crippen LogP contribution in [0.4, 0.5) is 0 Å². The first-order valence-electron chi connectivity index (χ1n) is 3.70. The van der Waals surface area contributed by atoms with Crippen molar-refractivity contribution in [3.8, 4) is 0 Å². The van der Waals surface area contributed by atoms with E-state index >= 15 is 0 Å². The van der Waals surface area contributed by atoms with Crippen molar-refractivity contribution in [2.45, 2.75) is 26.3 Å². The number of rotatable bonds is 5. The summed E-state index contributed by atoms with van der Waals surface area (Å²) in [5.74, 6) is -0.825. The summed E-state index contributed by atoms with van der Waals surface area (Å²) >= 11 is 0. The molecule has 64 valence electrons. The normalized spacial score (nSPS) is 12.5. The minimum atomic E-state index is -0.825. The maximum atomic E-state index is 10.3. The molecule has 0 aromatic heterocycles. The number of aliphatic carboxylic acids is 1. The van der Waals surface area contributed by atoms with E-state index in [1.807, 2.05) is 6.92 Å². The second kappa shape index (κ2) is 4.91. The monoisotopic (exact) mass is 157 g/mol. The zero-order valence-electron chi connectivity index (χ0n) is 7.05. The predicted molar refractivity (Wildman–Crippen MR) is 44.5 cm³/mol. The van der Waals surface area contributed by atoms with Gasteiger partial charge in [0.25, 0.3) is 0 Å². The molecule has 0 fully saturated rings. The van der Waals surface area contributed by atoms with Crippen LogP contribution >= 0.6 is 0 Å². The maximum Gasteiger partial charge on any atom is 0.320 e. The van der Waals surface area contributed by atoms with Crippen LogP contribution in [-0.4, -0.2) is 23.7 Å². The van der Waals surface area contributed by atoms with E-state index in [0.29, 0.717) is 6.54 Å². The van der Waals surface area contributed by atoms with E-state index in [0.717, 1.165) is 12.0 Å². The van der Waals surface area contributed by atoms with E-state index in [4.69, 9.17) is 5.11 Å². The number of hydrogen-bond donors (Lipinski definition) is 2. The summed E-state index contributed by atoms with van der Waals surface area (Å²) in [6.45, 7) is 7.95. The van der Waals surface area contributed by atoms with Crippen molar-refractivity contribution in [2.24, 2.45) is 0 Å². The first kappa shape index (κ1) is 10.2. The Kier molecular flexibility index (Phi) is 4.54. The molecule has 11 heavy (non-hydrogen) atoms. The Labute approximate surface area is 67.1 Å². The predicted octanol–water partition coefficient (Wildman–Crippen LogP) is 1.02. The highest BCUT2D eigenvalue weighted by Gasteiger charge is 2.08. The molecule has 0 amide bonds. The number of nitrogens with one attached hydrogen (secondary N) is 1. The van der Waals surface area contributed by atoms with E-state index in [-0.39, 0.29) is 0 Å². The molecule has 0 aliphatic heterocycles. The van der Waals surface area contributed by atoms with Crippen molar-refractivity contribution in [1.82, 2.24) is 5.32 Å². The zero-order chi connectivity index (χ0) is 8.85. The summed E-state index contributed by atoms with van der Waals surface area (Å²) in [4.78, 5) is 10.3. The van der Waals surface area contributed by atoms with Crippen molar-refractivity contribution in [3.63, 3.8) is 0 Å². The van der Waals surface area contributed by atoms with Crippen LogP contribution in [0, 0.1) is 0 Å². The average Bonchev–Trinajstić information content (AvgIpc) is 1.99. The highest BCUT2D eigenvalue weighted by Crippen LogP contribution is 1.93. The van der Waals surface area contributed by atoms with Crippen molar-refractivity contribution >= 4 is 5.97 Å². The van der Waals surface area contributed by atoms with Crippen LogP contribution in [0.15, 0.2) is 12.2 Å². The van der Waals surface area contributed by atoms with Gasteiger partial charge in [0, 0.05) is 6.54 Å². The fourth-order valence-corrected chi connectivity index (χ4v) is 0.510. The third-order valence-electron chi connectivity index (χ3n) is 1.53. The van der Waals surface area contributed by atoms with Crippen LogP contribution in [-0.2, 0) is 4.79 Å². The topological polar surface area (TPSA) is 49.3 Å². The molecule has 1 atom stereocenters. The molecule has 0 aromatic rings. The molecule has 0 bridgehead atoms. The molecule has 0 unspecified atom stereocenters. The minimum Gasteiger partial charge on any atom is -0.480 e. The van der Waals surface area contributed by atoms with Gasteiger partial charge in [0.15, 0.2) is 0 Å². The van der Waals surface area contributed by atoms with Gasteiger partial charge >= 0.3 is 5.97 Å². The third-order valence-corrected chi connectivity index (χ3v) is 1.53. The summed E-state index contributed by atoms with van der Waals surface area (Å²) in [7, 11) is 0. The summed E-state index contributed by atoms with van der Waals surface area (Å²) in [6.07, 6.45) is 0.888. The molecule has 0 saturated carbocycles. The summed E-state index contributed by atoms with van der Waals surface area (Å²) < 4.78 is 0. The lowest BCUT2D eigenvalue weighted by Crippen LogP contribution is -2.34. The van der Waals surface area contributed by atoms with Crippen LogP contribution < -0.4 is 5.32 Å². The Bertz CT molecular complexity index is 154. The van der Waals surface area contributed by atoms with E-state index < -0.39 is 12.0 Å². The Morgan fingerprint density at radius 1 is 1.73 bits per heavy atom. The third kappa shape index (κ3) is 4.56. The fourth-order valence-electron chi connectivity index (χ4n) is 0.510. The molecule has 0 rings (SSSR count). The molecule has 3 nitrogen and oxygen atoms in total. The van der Waals surface area contributed by atoms with Crippen molar-refractivity contribution < 1.29 is 9.90 Å². The van der Waals surface area contributed by atoms with Gasteiger partial charge in [0.2, 0.25) is 0 Å². The Morgan fingerprint density at radius 3 is 2.64 bits per heavy atom. The van der Waals surface area contributed by atoms with Crippen molar-refractivity contribution in [2.75, 3.05) is 6.54 Å². The lowest BCUT2D eigenvalue weighted by atomic mass is 10.2. The average molecular weight is 157 g/mol. The van der Waals surface area contributed by atoms with Crippen LogP contribution in [0.1, 0.15) is 20.3 Å². The molecular weight excluding hydrogens is 142 g/mol. The number of hydrogen-bond acceptors (Lipinski definition) is 2. The van der Waals surface area contributed by atoms with E-state index in [9.17, 15) is 4.79 Å². The lowest BCUT2D eigenvalue weighted by molar-refractivity contribution is -0.138. The second-order valence-corrected chi connectivity index (χ2v) is 2.54. The van der Waals surface area contributed by atoms with Gasteiger partial charge in [-0.05, 0) is 13.3 Å². The molecular formula is C8H15NO2. The number of carbonyl (C=O) groups is 1. The molecule has 0 aromatic carbocycles. The summed E-state index contributed by atoms with van der Waals surface area (Å²) in [5, 5.41) is 11.3. The summed E-state index contributed by atoms with van der Waals surface area (Å²) in [5.41, 5.74) is 1.03. The smallest absolute Gasteiger partial charge is 0.320 e. The van der Waals surface area contributed by atoms with E-state index in [1.54, 1.807) is 6.92 Å². The fraction of sp³-hybridized carbons (Fsp3) is 0.625. The van der Waals surface area contributed by atoms with Gasteiger partial charge < -0.3 is 10.4 Å². The number of carboxylic acid groups (broad SMARTS) is 1. The van der Waals surface area contributed by atoms with E-state index in [2.05, 4.69) is 11.9 Å². The van der Waals surface area contributed by atoms with Gasteiger partial charge in [-0.15, -0.1) is 0 Å². The minimum absolute atomic E-state index is 0.488. The maximum absolute atomic E-state index is 10.3. The molecule has 2 N–H and O–H groups in total. The molecule has 0 aliphatic rings. The molecule has 3 heteroatoms. The Morgan fingerprint density at radius 2 is 2.27 bits per heavy atom. The highest BCUT2D eigenvalue weighted by atomic mass is 16.4. The lowest BCUT2D eigenvalue weighted by Gasteiger charge is -2.08. The van der Waals surface area contributed by atoms with Gasteiger partial charge in [-0.1, -0.05) is 19.1 Å². The standard InChI is InChI=1S/C8H15NO2/c1-4-6(2)5-9-7(3)8(10)11/h7,9H,2,4-5H2,1,3H3,(H,10,11)/t7-/m0/s1. The molecule has 0 heterocycles. The van der Waals surface area contributed by atoms with Gasteiger partial charge in [-0.3, -0.25) is 4.79 Å². The Balaban J connectivity index is 3.54. The van der Waals surface area contributed by atoms with Crippen molar-refractivity contribution in [1.29, 1.82) is 0 Å². The molecule has 0 radical (unpaired) electrons.